The number of alkyl halides is 4. The number of piperidine rings is 3. The van der Waals surface area contributed by atoms with Gasteiger partial charge in [0.15, 0.2) is 5.65 Å². The van der Waals surface area contributed by atoms with Crippen molar-refractivity contribution < 1.29 is 51.4 Å². The predicted molar refractivity (Wildman–Crippen MR) is 229 cm³/mol. The van der Waals surface area contributed by atoms with Crippen molar-refractivity contribution in [1.29, 1.82) is 0 Å². The lowest BCUT2D eigenvalue weighted by Crippen LogP contribution is -2.62. The molecule has 0 saturated carbocycles. The van der Waals surface area contributed by atoms with E-state index in [0.29, 0.717) is 47.3 Å². The van der Waals surface area contributed by atoms with E-state index in [2.05, 4.69) is 30.0 Å². The van der Waals surface area contributed by atoms with Crippen LogP contribution in [0, 0.1) is 0 Å². The van der Waals surface area contributed by atoms with Gasteiger partial charge in [0, 0.05) is 69.0 Å². The lowest BCUT2D eigenvalue weighted by Gasteiger charge is -2.50. The number of para-hydroxylation sites is 1. The molecule has 17 nitrogen and oxygen atoms in total. The van der Waals surface area contributed by atoms with Crippen molar-refractivity contribution in [1.82, 2.24) is 39.8 Å². The molecular formula is C45H44F4N10O7. The van der Waals surface area contributed by atoms with Crippen LogP contribution in [0.5, 0.6) is 11.5 Å². The van der Waals surface area contributed by atoms with Crippen LogP contribution in [0.4, 0.5) is 29.1 Å². The molecule has 3 atom stereocenters. The number of carboxylic acids is 1. The van der Waals surface area contributed by atoms with Gasteiger partial charge in [-0.05, 0) is 80.3 Å². The van der Waals surface area contributed by atoms with Gasteiger partial charge in [0.05, 0.1) is 22.6 Å². The number of nitrogens with zero attached hydrogens (tertiary/aromatic N) is 8. The van der Waals surface area contributed by atoms with E-state index in [4.69, 9.17) is 25.5 Å². The van der Waals surface area contributed by atoms with Gasteiger partial charge < -0.3 is 20.5 Å². The molecule has 3 aromatic carbocycles. The second-order valence-electron chi connectivity index (χ2n) is 16.9. The summed E-state index contributed by atoms with van der Waals surface area (Å²) in [6.07, 6.45) is -2.15. The lowest BCUT2D eigenvalue weighted by molar-refractivity contribution is -0.192. The van der Waals surface area contributed by atoms with Gasteiger partial charge in [-0.1, -0.05) is 18.2 Å². The van der Waals surface area contributed by atoms with Gasteiger partial charge in [-0.3, -0.25) is 39.2 Å². The van der Waals surface area contributed by atoms with Crippen LogP contribution >= 0.6 is 0 Å². The molecule has 7 heterocycles. The molecule has 21 heteroatoms. The number of benzene rings is 3. The fourth-order valence-corrected chi connectivity index (χ4v) is 9.43. The number of ether oxygens (including phenoxy) is 1. The smallest absolute Gasteiger partial charge is 0.475 e. The highest BCUT2D eigenvalue weighted by Gasteiger charge is 2.46. The van der Waals surface area contributed by atoms with E-state index in [9.17, 15) is 32.3 Å². The maximum atomic E-state index is 16.3. The Morgan fingerprint density at radius 3 is 2.14 bits per heavy atom. The van der Waals surface area contributed by atoms with Crippen LogP contribution in [0.25, 0.3) is 22.3 Å². The Labute approximate surface area is 374 Å². The summed E-state index contributed by atoms with van der Waals surface area (Å²) in [6.45, 7) is 4.47. The van der Waals surface area contributed by atoms with Crippen LogP contribution in [0.2, 0.25) is 0 Å². The van der Waals surface area contributed by atoms with E-state index >= 15 is 4.39 Å². The quantitative estimate of drug-likeness (QED) is 0.141. The van der Waals surface area contributed by atoms with Gasteiger partial charge in [0.25, 0.3) is 11.8 Å². The summed E-state index contributed by atoms with van der Waals surface area (Å²) in [7, 11) is 0. The minimum absolute atomic E-state index is 0.0808. The Morgan fingerprint density at radius 1 is 0.803 bits per heavy atom. The molecule has 2 aromatic heterocycles. The van der Waals surface area contributed by atoms with Crippen LogP contribution in [-0.4, -0.2) is 139 Å². The SMILES string of the molecule is Nc1ncnc2c1c(-c1ccc(Oc3ccccc3)cc1)nn2C1CCN(C2CCN(C3CN(c4ccc5c(c4)C(=O)N(C4CCC(=O)NC4=O)C5=O)C3)CC2)CC1F.O=C(O)C(F)(F)F. The first kappa shape index (κ1) is 44.2. The molecule has 4 fully saturated rings. The molecule has 4 N–H and O–H groups in total. The molecule has 0 radical (unpaired) electrons. The number of hydrogen-bond donors (Lipinski definition) is 3. The van der Waals surface area contributed by atoms with E-state index in [-0.39, 0.29) is 30.0 Å². The standard InChI is InChI=1S/C43H43FN10O5.C2HF3O2/c44-33-23-51(19-16-34(33)54-40-37(39(45)46-24-47-40)38(49-54)25-6-9-30(10-7-25)59-29-4-2-1-3-5-29)26-14-17-50(18-15-26)28-21-52(22-28)27-8-11-31-32(20-27)43(58)53(42(31)57)35-12-13-36(55)48-41(35)56;3-2(4,5)1(6)7/h1-11,20,24,26,28,33-35H,12-19,21-23H2,(H2,45,46,47)(H,48,55,56);(H,6,7). The van der Waals surface area contributed by atoms with Crippen molar-refractivity contribution in [3.8, 4) is 22.8 Å². The van der Waals surface area contributed by atoms with E-state index in [1.165, 1.54) is 6.33 Å². The van der Waals surface area contributed by atoms with Crippen LogP contribution in [0.15, 0.2) is 79.1 Å². The Kier molecular flexibility index (Phi) is 11.9. The summed E-state index contributed by atoms with van der Waals surface area (Å²) >= 11 is 0. The molecule has 5 aromatic rings. The second-order valence-corrected chi connectivity index (χ2v) is 16.9. The molecule has 66 heavy (non-hydrogen) atoms. The summed E-state index contributed by atoms with van der Waals surface area (Å²) in [5.74, 6) is -3.07. The number of anilines is 2. The second kappa shape index (κ2) is 17.8. The van der Waals surface area contributed by atoms with E-state index in [1.54, 1.807) is 16.8 Å². The summed E-state index contributed by atoms with van der Waals surface area (Å²) in [5.41, 5.74) is 9.75. The van der Waals surface area contributed by atoms with Crippen molar-refractivity contribution in [3.05, 3.63) is 90.3 Å². The van der Waals surface area contributed by atoms with E-state index < -0.39 is 54.0 Å². The first-order valence-electron chi connectivity index (χ1n) is 21.5. The molecule has 3 unspecified atom stereocenters. The summed E-state index contributed by atoms with van der Waals surface area (Å²) in [6, 6.07) is 21.6. The number of aliphatic carboxylic acids is 1. The Hall–Kier alpha value is -7.00. The molecule has 0 spiro atoms. The fourth-order valence-electron chi connectivity index (χ4n) is 9.43. The highest BCUT2D eigenvalue weighted by atomic mass is 19.4. The first-order valence-corrected chi connectivity index (χ1v) is 21.5. The highest BCUT2D eigenvalue weighted by Crippen LogP contribution is 2.38. The Bertz CT molecular complexity index is 2690. The van der Waals surface area contributed by atoms with Crippen molar-refractivity contribution in [2.45, 2.75) is 68.6 Å². The molecule has 0 aliphatic carbocycles. The topological polar surface area (TPSA) is 209 Å². The monoisotopic (exact) mass is 912 g/mol. The van der Waals surface area contributed by atoms with E-state index in [0.717, 1.165) is 67.5 Å². The number of nitrogens with two attached hydrogens (primary N) is 1. The van der Waals surface area contributed by atoms with Crippen molar-refractivity contribution in [2.24, 2.45) is 0 Å². The van der Waals surface area contributed by atoms with Gasteiger partial charge in [0.2, 0.25) is 11.8 Å². The zero-order valence-corrected chi connectivity index (χ0v) is 35.2. The van der Waals surface area contributed by atoms with Crippen molar-refractivity contribution in [2.75, 3.05) is 49.9 Å². The molecule has 5 aliphatic rings. The van der Waals surface area contributed by atoms with Crippen LogP contribution in [0.1, 0.15) is 58.9 Å². The van der Waals surface area contributed by atoms with Crippen molar-refractivity contribution in [3.63, 3.8) is 0 Å². The third-order valence-corrected chi connectivity index (χ3v) is 12.9. The number of nitrogens with one attached hydrogen (secondary N) is 1. The number of carbonyl (C=O) groups excluding carboxylic acids is 4. The average molecular weight is 913 g/mol. The maximum Gasteiger partial charge on any atom is 0.490 e. The number of nitrogen functional groups attached to an aromatic ring is 1. The molecule has 344 valence electrons. The fraction of sp³-hybridized carbons (Fsp3) is 0.378. The number of likely N-dealkylation sites (tertiary alicyclic amines) is 2. The van der Waals surface area contributed by atoms with Crippen LogP contribution < -0.4 is 20.7 Å². The number of rotatable bonds is 8. The number of aromatic nitrogens is 4. The Balaban J connectivity index is 0.000000726. The van der Waals surface area contributed by atoms with Gasteiger partial charge >= 0.3 is 12.1 Å². The minimum atomic E-state index is -5.08. The normalized spacial score (nSPS) is 22.2. The number of imide groups is 2. The number of hydrogen-bond acceptors (Lipinski definition) is 13. The molecule has 4 amide bonds. The third kappa shape index (κ3) is 8.62. The Morgan fingerprint density at radius 2 is 1.47 bits per heavy atom. The number of carboxylic acid groups (broad SMARTS) is 1. The number of amides is 4. The molecular weight excluding hydrogens is 869 g/mol. The van der Waals surface area contributed by atoms with Crippen LogP contribution in [0.3, 0.4) is 0 Å². The zero-order chi connectivity index (χ0) is 46.4. The molecule has 10 rings (SSSR count). The highest BCUT2D eigenvalue weighted by molar-refractivity contribution is 6.23. The first-order chi connectivity index (χ1) is 31.6. The molecule has 4 saturated heterocycles. The third-order valence-electron chi connectivity index (χ3n) is 12.9. The zero-order valence-electron chi connectivity index (χ0n) is 35.2. The molecule has 5 aliphatic heterocycles. The van der Waals surface area contributed by atoms with Gasteiger partial charge in [0.1, 0.15) is 41.6 Å². The predicted octanol–water partition coefficient (Wildman–Crippen LogP) is 4.84. The number of fused-ring (bicyclic) bond motifs is 2. The lowest BCUT2D eigenvalue weighted by atomic mass is 9.94. The van der Waals surface area contributed by atoms with Crippen molar-refractivity contribution >= 4 is 52.1 Å². The number of carbonyl (C=O) groups is 5. The summed E-state index contributed by atoms with van der Waals surface area (Å²) in [5, 5.41) is 14.9. The van der Waals surface area contributed by atoms with Crippen LogP contribution in [-0.2, 0) is 14.4 Å². The number of halogens is 4. The summed E-state index contributed by atoms with van der Waals surface area (Å²) < 4.78 is 55.7. The maximum absolute atomic E-state index is 16.3. The molecule has 0 bridgehead atoms. The van der Waals surface area contributed by atoms with Gasteiger partial charge in [-0.2, -0.15) is 18.3 Å². The average Bonchev–Trinajstić information content (AvgIpc) is 3.78. The minimum Gasteiger partial charge on any atom is -0.475 e. The van der Waals surface area contributed by atoms with Gasteiger partial charge in [-0.15, -0.1) is 0 Å². The van der Waals surface area contributed by atoms with E-state index in [1.807, 2.05) is 60.7 Å². The summed E-state index contributed by atoms with van der Waals surface area (Å²) in [4.78, 5) is 76.2. The van der Waals surface area contributed by atoms with Gasteiger partial charge in [-0.25, -0.2) is 23.8 Å². The largest absolute Gasteiger partial charge is 0.490 e.